The van der Waals surface area contributed by atoms with Gasteiger partial charge in [0.1, 0.15) is 11.4 Å². The standard InChI is InChI=1S/C17H10BrF4N5O/c18-12-3-2-9(5-11(12)17(20,21)22)23-7-8-1-4-13-10(15(8)19)6-14(28-13)16-24-26-27-25-16/h1-6,23H,7H2,(H,24,25,26,27). The Hall–Kier alpha value is -2.95. The summed E-state index contributed by atoms with van der Waals surface area (Å²) in [7, 11) is 0. The zero-order chi connectivity index (χ0) is 19.9. The van der Waals surface area contributed by atoms with Crippen molar-refractivity contribution < 1.29 is 22.0 Å². The summed E-state index contributed by atoms with van der Waals surface area (Å²) in [6.07, 6.45) is -4.50. The lowest BCUT2D eigenvalue weighted by atomic mass is 10.1. The van der Waals surface area contributed by atoms with Crippen LogP contribution in [0.25, 0.3) is 22.6 Å². The molecular weight excluding hydrogens is 446 g/mol. The van der Waals surface area contributed by atoms with E-state index in [0.717, 1.165) is 6.07 Å². The number of furan rings is 1. The molecule has 2 aromatic heterocycles. The van der Waals surface area contributed by atoms with Crippen molar-refractivity contribution in [2.45, 2.75) is 12.7 Å². The van der Waals surface area contributed by atoms with Crippen LogP contribution < -0.4 is 5.32 Å². The number of H-pyrrole nitrogens is 1. The van der Waals surface area contributed by atoms with Crippen LogP contribution >= 0.6 is 15.9 Å². The molecule has 2 N–H and O–H groups in total. The number of fused-ring (bicyclic) bond motifs is 1. The molecule has 6 nitrogen and oxygen atoms in total. The molecule has 0 fully saturated rings. The summed E-state index contributed by atoms with van der Waals surface area (Å²) in [6.45, 7) is -0.0105. The van der Waals surface area contributed by atoms with Gasteiger partial charge in [-0.15, -0.1) is 10.2 Å². The fourth-order valence-corrected chi connectivity index (χ4v) is 3.16. The first-order valence-electron chi connectivity index (χ1n) is 7.88. The van der Waals surface area contributed by atoms with Crippen molar-refractivity contribution in [3.63, 3.8) is 0 Å². The molecule has 0 radical (unpaired) electrons. The minimum Gasteiger partial charge on any atom is -0.452 e. The van der Waals surface area contributed by atoms with Gasteiger partial charge in [0.05, 0.1) is 10.9 Å². The molecule has 4 rings (SSSR count). The van der Waals surface area contributed by atoms with Crippen LogP contribution in [0.1, 0.15) is 11.1 Å². The smallest absolute Gasteiger partial charge is 0.417 e. The molecule has 2 heterocycles. The number of anilines is 1. The number of benzene rings is 2. The second-order valence-corrected chi connectivity index (χ2v) is 6.70. The number of halogens is 5. The van der Waals surface area contributed by atoms with E-state index in [2.05, 4.69) is 41.9 Å². The summed E-state index contributed by atoms with van der Waals surface area (Å²) in [4.78, 5) is 0. The van der Waals surface area contributed by atoms with Gasteiger partial charge in [0.25, 0.3) is 0 Å². The number of rotatable bonds is 4. The van der Waals surface area contributed by atoms with Crippen LogP contribution in [0, 0.1) is 5.82 Å². The van der Waals surface area contributed by atoms with E-state index in [1.165, 1.54) is 24.3 Å². The van der Waals surface area contributed by atoms with Crippen LogP contribution in [-0.4, -0.2) is 20.6 Å². The highest BCUT2D eigenvalue weighted by Gasteiger charge is 2.33. The topological polar surface area (TPSA) is 79.6 Å². The van der Waals surface area contributed by atoms with Crippen molar-refractivity contribution in [1.82, 2.24) is 20.6 Å². The summed E-state index contributed by atoms with van der Waals surface area (Å²) >= 11 is 2.88. The van der Waals surface area contributed by atoms with Gasteiger partial charge in [0.15, 0.2) is 5.76 Å². The average molecular weight is 456 g/mol. The molecule has 144 valence electrons. The number of nitrogens with zero attached hydrogens (tertiary/aromatic N) is 3. The van der Waals surface area contributed by atoms with Crippen molar-refractivity contribution >= 4 is 32.6 Å². The summed E-state index contributed by atoms with van der Waals surface area (Å²) < 4.78 is 59.3. The van der Waals surface area contributed by atoms with E-state index in [4.69, 9.17) is 4.42 Å². The van der Waals surface area contributed by atoms with Crippen molar-refractivity contribution in [2.24, 2.45) is 0 Å². The third-order valence-electron chi connectivity index (χ3n) is 4.04. The highest BCUT2D eigenvalue weighted by Crippen LogP contribution is 2.36. The number of hydrogen-bond donors (Lipinski definition) is 2. The molecule has 0 amide bonds. The van der Waals surface area contributed by atoms with E-state index in [1.54, 1.807) is 6.07 Å². The average Bonchev–Trinajstić information content (AvgIpc) is 3.31. The van der Waals surface area contributed by atoms with Crippen molar-refractivity contribution in [1.29, 1.82) is 0 Å². The summed E-state index contributed by atoms with van der Waals surface area (Å²) in [5.74, 6) is -0.114. The van der Waals surface area contributed by atoms with Crippen LogP contribution in [0.15, 0.2) is 45.3 Å². The van der Waals surface area contributed by atoms with Crippen LogP contribution in [-0.2, 0) is 12.7 Å². The number of tetrazole rings is 1. The quantitative estimate of drug-likeness (QED) is 0.416. The maximum absolute atomic E-state index is 14.8. The number of hydrogen-bond acceptors (Lipinski definition) is 5. The normalized spacial score (nSPS) is 11.9. The van der Waals surface area contributed by atoms with Gasteiger partial charge in [-0.1, -0.05) is 22.0 Å². The predicted molar refractivity (Wildman–Crippen MR) is 95.8 cm³/mol. The minimum absolute atomic E-state index is 0.0105. The Bertz CT molecular complexity index is 1140. The number of aromatic nitrogens is 4. The SMILES string of the molecule is Fc1c(CNc2ccc(Br)c(C(F)(F)F)c2)ccc2oc(-c3nn[nH]n3)cc12. The third kappa shape index (κ3) is 3.44. The van der Waals surface area contributed by atoms with Gasteiger partial charge < -0.3 is 9.73 Å². The molecule has 0 atom stereocenters. The fourth-order valence-electron chi connectivity index (χ4n) is 2.69. The molecule has 28 heavy (non-hydrogen) atoms. The zero-order valence-electron chi connectivity index (χ0n) is 13.8. The highest BCUT2D eigenvalue weighted by molar-refractivity contribution is 9.10. The van der Waals surface area contributed by atoms with Crippen LogP contribution in [0.5, 0.6) is 0 Å². The first-order valence-corrected chi connectivity index (χ1v) is 8.67. The lowest BCUT2D eigenvalue weighted by molar-refractivity contribution is -0.138. The highest BCUT2D eigenvalue weighted by atomic mass is 79.9. The van der Waals surface area contributed by atoms with Gasteiger partial charge in [-0.25, -0.2) is 4.39 Å². The van der Waals surface area contributed by atoms with E-state index < -0.39 is 17.6 Å². The van der Waals surface area contributed by atoms with Crippen molar-refractivity contribution in [3.05, 3.63) is 57.8 Å². The lowest BCUT2D eigenvalue weighted by Crippen LogP contribution is -2.08. The summed E-state index contributed by atoms with van der Waals surface area (Å²) in [6, 6.07) is 8.24. The van der Waals surface area contributed by atoms with Crippen LogP contribution in [0.2, 0.25) is 0 Å². The molecule has 0 aliphatic carbocycles. The molecule has 2 aromatic carbocycles. The van der Waals surface area contributed by atoms with Gasteiger partial charge in [0.2, 0.25) is 5.82 Å². The second kappa shape index (κ2) is 6.89. The largest absolute Gasteiger partial charge is 0.452 e. The van der Waals surface area contributed by atoms with Gasteiger partial charge in [0, 0.05) is 22.3 Å². The van der Waals surface area contributed by atoms with Crippen molar-refractivity contribution in [3.8, 4) is 11.6 Å². The summed E-state index contributed by atoms with van der Waals surface area (Å²) in [5, 5.41) is 16.3. The van der Waals surface area contributed by atoms with E-state index in [1.807, 2.05) is 0 Å². The lowest BCUT2D eigenvalue weighted by Gasteiger charge is -2.13. The van der Waals surface area contributed by atoms with Gasteiger partial charge in [-0.05, 0) is 35.5 Å². The minimum atomic E-state index is -4.50. The fraction of sp³-hybridized carbons (Fsp3) is 0.118. The number of aromatic amines is 1. The Kier molecular flexibility index (Phi) is 4.53. The molecule has 0 aliphatic heterocycles. The molecule has 0 aliphatic rings. The maximum Gasteiger partial charge on any atom is 0.417 e. The van der Waals surface area contributed by atoms with Gasteiger partial charge >= 0.3 is 6.18 Å². The van der Waals surface area contributed by atoms with Gasteiger partial charge in [-0.3, -0.25) is 0 Å². The van der Waals surface area contributed by atoms with Crippen LogP contribution in [0.3, 0.4) is 0 Å². The molecule has 11 heteroatoms. The monoisotopic (exact) mass is 455 g/mol. The second-order valence-electron chi connectivity index (χ2n) is 5.84. The Morgan fingerprint density at radius 1 is 1.14 bits per heavy atom. The Balaban J connectivity index is 1.60. The zero-order valence-corrected chi connectivity index (χ0v) is 15.4. The molecular formula is C17H10BrF4N5O. The molecule has 4 aromatic rings. The Morgan fingerprint density at radius 2 is 1.96 bits per heavy atom. The maximum atomic E-state index is 14.8. The van der Waals surface area contributed by atoms with E-state index >= 15 is 0 Å². The van der Waals surface area contributed by atoms with E-state index in [9.17, 15) is 17.6 Å². The Labute approximate surface area is 163 Å². The number of alkyl halides is 3. The molecule has 0 saturated heterocycles. The van der Waals surface area contributed by atoms with Crippen molar-refractivity contribution in [2.75, 3.05) is 5.32 Å². The number of nitrogens with one attached hydrogen (secondary N) is 2. The van der Waals surface area contributed by atoms with E-state index in [-0.39, 0.29) is 39.2 Å². The first kappa shape index (κ1) is 18.4. The van der Waals surface area contributed by atoms with Crippen LogP contribution in [0.4, 0.5) is 23.2 Å². The Morgan fingerprint density at radius 3 is 2.68 bits per heavy atom. The van der Waals surface area contributed by atoms with Gasteiger partial charge in [-0.2, -0.15) is 18.4 Å². The molecule has 0 spiro atoms. The third-order valence-corrected chi connectivity index (χ3v) is 4.73. The predicted octanol–water partition coefficient (Wildman–Crippen LogP) is 5.15. The molecule has 0 unspecified atom stereocenters. The molecule has 0 saturated carbocycles. The molecule has 0 bridgehead atoms. The van der Waals surface area contributed by atoms with E-state index in [0.29, 0.717) is 5.58 Å². The summed E-state index contributed by atoms with van der Waals surface area (Å²) in [5.41, 5.74) is -0.0313. The first-order chi connectivity index (χ1) is 13.3.